The number of hydrogen-bond donors (Lipinski definition) is 1. The minimum absolute atomic E-state index is 0.160. The molecule has 0 bridgehead atoms. The van der Waals surface area contributed by atoms with Crippen molar-refractivity contribution in [2.45, 2.75) is 25.7 Å². The molecule has 1 amide bonds. The van der Waals surface area contributed by atoms with Crippen LogP contribution in [0.25, 0.3) is 0 Å². The normalized spacial score (nSPS) is 19.5. The molecule has 1 N–H and O–H groups in total. The van der Waals surface area contributed by atoms with Crippen LogP contribution in [-0.4, -0.2) is 55.1 Å². The highest BCUT2D eigenvalue weighted by Crippen LogP contribution is 2.25. The summed E-state index contributed by atoms with van der Waals surface area (Å²) in [5.41, 5.74) is 1.75. The van der Waals surface area contributed by atoms with E-state index in [1.165, 1.54) is 0 Å². The van der Waals surface area contributed by atoms with Crippen molar-refractivity contribution in [2.75, 3.05) is 25.9 Å². The van der Waals surface area contributed by atoms with Gasteiger partial charge in [0.2, 0.25) is 15.9 Å². The second-order valence-corrected chi connectivity index (χ2v) is 7.19. The Bertz CT molecular complexity index is 618. The maximum atomic E-state index is 12.1. The average Bonchev–Trinajstić information content (AvgIpc) is 2.44. The third-order valence-corrected chi connectivity index (χ3v) is 4.12. The van der Waals surface area contributed by atoms with E-state index in [-0.39, 0.29) is 18.4 Å². The van der Waals surface area contributed by atoms with Gasteiger partial charge in [-0.15, -0.1) is 0 Å². The molecule has 1 aromatic rings. The standard InChI is InChI=1S/C13H20N4O3S/c1-10-6-14-7-12(16-10)11-4-3-5-17(9-11)13(18)8-15-21(2,19)20/h6-7,11,15H,3-5,8-9H2,1-2H3. The highest BCUT2D eigenvalue weighted by atomic mass is 32.2. The van der Waals surface area contributed by atoms with Crippen LogP contribution in [0.2, 0.25) is 0 Å². The summed E-state index contributed by atoms with van der Waals surface area (Å²) in [5.74, 6) is -0.0425. The lowest BCUT2D eigenvalue weighted by atomic mass is 9.95. The molecule has 1 fully saturated rings. The van der Waals surface area contributed by atoms with Crippen molar-refractivity contribution in [3.05, 3.63) is 23.8 Å². The minimum atomic E-state index is -3.35. The lowest BCUT2D eigenvalue weighted by Crippen LogP contribution is -2.44. The maximum Gasteiger partial charge on any atom is 0.237 e. The van der Waals surface area contributed by atoms with Crippen LogP contribution in [0, 0.1) is 6.92 Å². The van der Waals surface area contributed by atoms with Crippen LogP contribution >= 0.6 is 0 Å². The molecule has 0 saturated carbocycles. The van der Waals surface area contributed by atoms with Crippen LogP contribution in [0.3, 0.4) is 0 Å². The van der Waals surface area contributed by atoms with Gasteiger partial charge in [-0.2, -0.15) is 0 Å². The minimum Gasteiger partial charge on any atom is -0.341 e. The lowest BCUT2D eigenvalue weighted by Gasteiger charge is -2.32. The van der Waals surface area contributed by atoms with Crippen molar-refractivity contribution >= 4 is 15.9 Å². The zero-order valence-electron chi connectivity index (χ0n) is 12.2. The van der Waals surface area contributed by atoms with E-state index in [1.54, 1.807) is 17.3 Å². The maximum absolute atomic E-state index is 12.1. The molecular formula is C13H20N4O3S. The first-order valence-electron chi connectivity index (χ1n) is 6.86. The van der Waals surface area contributed by atoms with Crippen molar-refractivity contribution in [1.29, 1.82) is 0 Å². The van der Waals surface area contributed by atoms with E-state index in [1.807, 2.05) is 6.92 Å². The number of likely N-dealkylation sites (tertiary alicyclic amines) is 1. The smallest absolute Gasteiger partial charge is 0.237 e. The predicted molar refractivity (Wildman–Crippen MR) is 78.2 cm³/mol. The molecule has 0 spiro atoms. The number of rotatable bonds is 4. The summed E-state index contributed by atoms with van der Waals surface area (Å²) < 4.78 is 24.3. The average molecular weight is 312 g/mol. The Balaban J connectivity index is 1.99. The molecule has 1 aliphatic heterocycles. The van der Waals surface area contributed by atoms with Crippen LogP contribution in [0.15, 0.2) is 12.4 Å². The Morgan fingerprint density at radius 1 is 1.48 bits per heavy atom. The SMILES string of the molecule is Cc1cncc(C2CCCN(C(=O)CNS(C)(=O)=O)C2)n1. The second-order valence-electron chi connectivity index (χ2n) is 5.36. The quantitative estimate of drug-likeness (QED) is 0.847. The topological polar surface area (TPSA) is 92.3 Å². The van der Waals surface area contributed by atoms with E-state index in [9.17, 15) is 13.2 Å². The van der Waals surface area contributed by atoms with Crippen molar-refractivity contribution in [3.63, 3.8) is 0 Å². The molecule has 2 heterocycles. The Morgan fingerprint density at radius 2 is 2.24 bits per heavy atom. The summed E-state index contributed by atoms with van der Waals surface area (Å²) in [4.78, 5) is 22.3. The Morgan fingerprint density at radius 3 is 2.90 bits per heavy atom. The summed E-state index contributed by atoms with van der Waals surface area (Å²) in [6.45, 7) is 2.91. The van der Waals surface area contributed by atoms with Gasteiger partial charge in [-0.25, -0.2) is 13.1 Å². The third kappa shape index (κ3) is 4.75. The van der Waals surface area contributed by atoms with Gasteiger partial charge in [-0.1, -0.05) is 0 Å². The van der Waals surface area contributed by atoms with Crippen molar-refractivity contribution in [2.24, 2.45) is 0 Å². The number of sulfonamides is 1. The lowest BCUT2D eigenvalue weighted by molar-refractivity contribution is -0.131. The van der Waals surface area contributed by atoms with E-state index < -0.39 is 10.0 Å². The molecule has 116 valence electrons. The molecule has 21 heavy (non-hydrogen) atoms. The molecular weight excluding hydrogens is 292 g/mol. The van der Waals surface area contributed by atoms with Crippen molar-refractivity contribution in [1.82, 2.24) is 19.6 Å². The summed E-state index contributed by atoms with van der Waals surface area (Å²) in [7, 11) is -3.35. The second kappa shape index (κ2) is 6.48. The molecule has 8 heteroatoms. The highest BCUT2D eigenvalue weighted by Gasteiger charge is 2.26. The van der Waals surface area contributed by atoms with Gasteiger partial charge < -0.3 is 4.90 Å². The number of nitrogens with one attached hydrogen (secondary N) is 1. The van der Waals surface area contributed by atoms with Gasteiger partial charge in [0.05, 0.1) is 24.2 Å². The number of carbonyl (C=O) groups is 1. The van der Waals surface area contributed by atoms with Crippen LogP contribution in [0.5, 0.6) is 0 Å². The number of hydrogen-bond acceptors (Lipinski definition) is 5. The first-order chi connectivity index (χ1) is 9.85. The first-order valence-corrected chi connectivity index (χ1v) is 8.75. The highest BCUT2D eigenvalue weighted by molar-refractivity contribution is 7.88. The molecule has 7 nitrogen and oxygen atoms in total. The number of amides is 1. The fraction of sp³-hybridized carbons (Fsp3) is 0.615. The number of aryl methyl sites for hydroxylation is 1. The molecule has 1 aliphatic rings. The fourth-order valence-corrected chi connectivity index (χ4v) is 2.81. The molecule has 1 aromatic heterocycles. The van der Waals surface area contributed by atoms with E-state index in [4.69, 9.17) is 0 Å². The van der Waals surface area contributed by atoms with E-state index in [2.05, 4.69) is 14.7 Å². The molecule has 0 aromatic carbocycles. The van der Waals surface area contributed by atoms with Crippen LogP contribution < -0.4 is 4.72 Å². The third-order valence-electron chi connectivity index (χ3n) is 3.45. The number of aromatic nitrogens is 2. The Labute approximate surface area is 124 Å². The predicted octanol–water partition coefficient (Wildman–Crippen LogP) is 0.0402. The van der Waals surface area contributed by atoms with Gasteiger partial charge in [0.25, 0.3) is 0 Å². The molecule has 0 radical (unpaired) electrons. The van der Waals surface area contributed by atoms with Crippen LogP contribution in [-0.2, 0) is 14.8 Å². The Hall–Kier alpha value is -1.54. The van der Waals surface area contributed by atoms with Crippen molar-refractivity contribution < 1.29 is 13.2 Å². The first kappa shape index (κ1) is 15.8. The summed E-state index contributed by atoms with van der Waals surface area (Å²) in [5, 5.41) is 0. The van der Waals surface area contributed by atoms with Gasteiger partial charge in [0.1, 0.15) is 0 Å². The van der Waals surface area contributed by atoms with Gasteiger partial charge in [-0.05, 0) is 19.8 Å². The van der Waals surface area contributed by atoms with E-state index in [0.29, 0.717) is 13.1 Å². The summed E-state index contributed by atoms with van der Waals surface area (Å²) in [6.07, 6.45) is 6.32. The van der Waals surface area contributed by atoms with Gasteiger partial charge >= 0.3 is 0 Å². The number of carbonyl (C=O) groups excluding carboxylic acids is 1. The van der Waals surface area contributed by atoms with Crippen LogP contribution in [0.1, 0.15) is 30.1 Å². The zero-order valence-corrected chi connectivity index (χ0v) is 13.1. The fourth-order valence-electron chi connectivity index (χ4n) is 2.43. The largest absolute Gasteiger partial charge is 0.341 e. The van der Waals surface area contributed by atoms with E-state index >= 15 is 0 Å². The Kier molecular flexibility index (Phi) is 4.89. The van der Waals surface area contributed by atoms with Gasteiger partial charge in [0.15, 0.2) is 0 Å². The molecule has 1 unspecified atom stereocenters. The van der Waals surface area contributed by atoms with E-state index in [0.717, 1.165) is 30.5 Å². The van der Waals surface area contributed by atoms with Gasteiger partial charge in [0, 0.05) is 31.4 Å². The zero-order chi connectivity index (χ0) is 15.5. The molecule has 1 atom stereocenters. The molecule has 0 aliphatic carbocycles. The molecule has 2 rings (SSSR count). The number of piperidine rings is 1. The monoisotopic (exact) mass is 312 g/mol. The summed E-state index contributed by atoms with van der Waals surface area (Å²) >= 11 is 0. The van der Waals surface area contributed by atoms with Crippen molar-refractivity contribution in [3.8, 4) is 0 Å². The van der Waals surface area contributed by atoms with Gasteiger partial charge in [-0.3, -0.25) is 14.8 Å². The number of nitrogens with zero attached hydrogens (tertiary/aromatic N) is 3. The molecule has 1 saturated heterocycles. The van der Waals surface area contributed by atoms with Crippen LogP contribution in [0.4, 0.5) is 0 Å². The summed E-state index contributed by atoms with van der Waals surface area (Å²) in [6, 6.07) is 0.